The van der Waals surface area contributed by atoms with Crippen LogP contribution in [0.15, 0.2) is 28.7 Å². The average molecular weight is 288 g/mol. The van der Waals surface area contributed by atoms with Crippen LogP contribution >= 0.6 is 0 Å². The van der Waals surface area contributed by atoms with Crippen LogP contribution in [0.4, 0.5) is 0 Å². The predicted octanol–water partition coefficient (Wildman–Crippen LogP) is 2.85. The molecular weight excluding hydrogens is 264 g/mol. The van der Waals surface area contributed by atoms with Gasteiger partial charge in [0.1, 0.15) is 11.3 Å². The van der Waals surface area contributed by atoms with Crippen molar-refractivity contribution < 1.29 is 9.15 Å². The topological polar surface area (TPSA) is 51.6 Å². The molecule has 3 rings (SSSR count). The van der Waals surface area contributed by atoms with Crippen molar-refractivity contribution in [3.8, 4) is 0 Å². The van der Waals surface area contributed by atoms with Crippen LogP contribution in [-0.2, 0) is 4.74 Å². The molecule has 21 heavy (non-hydrogen) atoms. The Labute approximate surface area is 125 Å². The summed E-state index contributed by atoms with van der Waals surface area (Å²) in [6, 6.07) is 8.41. The summed E-state index contributed by atoms with van der Waals surface area (Å²) in [6.07, 6.45) is 1.30. The molecule has 0 aliphatic carbocycles. The lowest BCUT2D eigenvalue weighted by Gasteiger charge is -2.30. The summed E-state index contributed by atoms with van der Waals surface area (Å²) in [4.78, 5) is 2.45. The summed E-state index contributed by atoms with van der Waals surface area (Å²) in [5, 5.41) is 1.18. The molecule has 4 heteroatoms. The van der Waals surface area contributed by atoms with Gasteiger partial charge in [-0.1, -0.05) is 18.2 Å². The van der Waals surface area contributed by atoms with E-state index in [1.807, 2.05) is 19.1 Å². The maximum absolute atomic E-state index is 6.13. The fourth-order valence-corrected chi connectivity index (χ4v) is 3.36. The van der Waals surface area contributed by atoms with E-state index in [0.29, 0.717) is 6.54 Å². The Balaban J connectivity index is 1.99. The van der Waals surface area contributed by atoms with Gasteiger partial charge in [-0.3, -0.25) is 4.90 Å². The summed E-state index contributed by atoms with van der Waals surface area (Å²) < 4.78 is 11.7. The van der Waals surface area contributed by atoms with Crippen LogP contribution in [0.2, 0.25) is 0 Å². The minimum atomic E-state index is 0.192. The number of para-hydroxylation sites is 1. The van der Waals surface area contributed by atoms with Crippen molar-refractivity contribution in [2.75, 3.05) is 26.2 Å². The third kappa shape index (κ3) is 2.84. The SMILES string of the molecule is Cc1oc2ccccc2c1C(CN)N1CCCOC(C)C1. The molecule has 0 bridgehead atoms. The summed E-state index contributed by atoms with van der Waals surface area (Å²) in [6.45, 7) is 7.53. The van der Waals surface area contributed by atoms with Crippen molar-refractivity contribution in [3.05, 3.63) is 35.6 Å². The van der Waals surface area contributed by atoms with Crippen LogP contribution < -0.4 is 5.73 Å². The van der Waals surface area contributed by atoms with Crippen LogP contribution in [0.3, 0.4) is 0 Å². The van der Waals surface area contributed by atoms with Gasteiger partial charge in [-0.25, -0.2) is 0 Å². The van der Waals surface area contributed by atoms with Gasteiger partial charge in [0.05, 0.1) is 12.1 Å². The smallest absolute Gasteiger partial charge is 0.134 e. The number of furan rings is 1. The van der Waals surface area contributed by atoms with Crippen LogP contribution in [0.1, 0.15) is 30.7 Å². The van der Waals surface area contributed by atoms with Gasteiger partial charge in [-0.15, -0.1) is 0 Å². The first-order valence-corrected chi connectivity index (χ1v) is 7.74. The highest BCUT2D eigenvalue weighted by Crippen LogP contribution is 2.33. The van der Waals surface area contributed by atoms with E-state index in [-0.39, 0.29) is 12.1 Å². The van der Waals surface area contributed by atoms with Gasteiger partial charge in [-0.2, -0.15) is 0 Å². The van der Waals surface area contributed by atoms with E-state index in [9.17, 15) is 0 Å². The van der Waals surface area contributed by atoms with Crippen LogP contribution in [0, 0.1) is 6.92 Å². The third-order valence-corrected chi connectivity index (χ3v) is 4.30. The maximum Gasteiger partial charge on any atom is 0.134 e. The van der Waals surface area contributed by atoms with E-state index in [1.165, 1.54) is 10.9 Å². The largest absolute Gasteiger partial charge is 0.461 e. The summed E-state index contributed by atoms with van der Waals surface area (Å²) in [5.74, 6) is 0.976. The lowest BCUT2D eigenvalue weighted by atomic mass is 10.0. The first-order valence-electron chi connectivity index (χ1n) is 7.74. The Morgan fingerprint density at radius 3 is 3.00 bits per heavy atom. The highest BCUT2D eigenvalue weighted by atomic mass is 16.5. The number of nitrogens with zero attached hydrogens (tertiary/aromatic N) is 1. The Kier molecular flexibility index (Phi) is 4.29. The quantitative estimate of drug-likeness (QED) is 0.943. The number of aryl methyl sites for hydroxylation is 1. The Hall–Kier alpha value is -1.36. The number of rotatable bonds is 3. The second-order valence-corrected chi connectivity index (χ2v) is 5.85. The normalized spacial score (nSPS) is 22.3. The molecule has 0 saturated carbocycles. The Bertz CT molecular complexity index is 608. The number of hydrogen-bond acceptors (Lipinski definition) is 4. The summed E-state index contributed by atoms with van der Waals surface area (Å²) in [5.41, 5.74) is 8.31. The van der Waals surface area contributed by atoms with Crippen molar-refractivity contribution in [1.29, 1.82) is 0 Å². The molecule has 1 aromatic carbocycles. The fraction of sp³-hybridized carbons (Fsp3) is 0.529. The Morgan fingerprint density at radius 1 is 1.38 bits per heavy atom. The number of benzene rings is 1. The first-order chi connectivity index (χ1) is 10.2. The number of hydrogen-bond donors (Lipinski definition) is 1. The zero-order valence-corrected chi connectivity index (χ0v) is 12.8. The molecule has 2 unspecified atom stereocenters. The molecular formula is C17H24N2O2. The highest BCUT2D eigenvalue weighted by molar-refractivity contribution is 5.82. The predicted molar refractivity (Wildman–Crippen MR) is 84.4 cm³/mol. The van der Waals surface area contributed by atoms with Gasteiger partial charge in [-0.05, 0) is 26.3 Å². The minimum Gasteiger partial charge on any atom is -0.461 e. The second kappa shape index (κ2) is 6.18. The number of nitrogens with two attached hydrogens (primary N) is 1. The zero-order valence-electron chi connectivity index (χ0n) is 12.8. The zero-order chi connectivity index (χ0) is 14.8. The molecule has 1 saturated heterocycles. The summed E-state index contributed by atoms with van der Waals surface area (Å²) in [7, 11) is 0. The second-order valence-electron chi connectivity index (χ2n) is 5.85. The fourth-order valence-electron chi connectivity index (χ4n) is 3.36. The van der Waals surface area contributed by atoms with Gasteiger partial charge in [0.25, 0.3) is 0 Å². The molecule has 1 fully saturated rings. The maximum atomic E-state index is 6.13. The lowest BCUT2D eigenvalue weighted by molar-refractivity contribution is 0.0611. The molecule has 1 aromatic heterocycles. The van der Waals surface area contributed by atoms with Crippen LogP contribution in [0.5, 0.6) is 0 Å². The average Bonchev–Trinajstić information content (AvgIpc) is 2.65. The number of ether oxygens (including phenoxy) is 1. The molecule has 1 aliphatic rings. The molecule has 1 aliphatic heterocycles. The van der Waals surface area contributed by atoms with Gasteiger partial charge in [0.2, 0.25) is 0 Å². The van der Waals surface area contributed by atoms with Gasteiger partial charge in [0.15, 0.2) is 0 Å². The lowest BCUT2D eigenvalue weighted by Crippen LogP contribution is -2.38. The van der Waals surface area contributed by atoms with Crippen molar-refractivity contribution in [2.24, 2.45) is 5.73 Å². The van der Waals surface area contributed by atoms with E-state index in [2.05, 4.69) is 24.0 Å². The molecule has 0 radical (unpaired) electrons. The van der Waals surface area contributed by atoms with Gasteiger partial charge >= 0.3 is 0 Å². The monoisotopic (exact) mass is 288 g/mol. The van der Waals surface area contributed by atoms with E-state index in [0.717, 1.165) is 37.5 Å². The molecule has 2 aromatic rings. The van der Waals surface area contributed by atoms with E-state index in [4.69, 9.17) is 14.9 Å². The summed E-state index contributed by atoms with van der Waals surface area (Å²) >= 11 is 0. The third-order valence-electron chi connectivity index (χ3n) is 4.30. The first kappa shape index (κ1) is 14.6. The molecule has 114 valence electrons. The highest BCUT2D eigenvalue weighted by Gasteiger charge is 2.27. The standard InChI is InChI=1S/C17H24N2O2/c1-12-11-19(8-5-9-20-12)15(10-18)17-13(2)21-16-7-4-3-6-14(16)17/h3-4,6-7,12,15H,5,8-11,18H2,1-2H3. The van der Waals surface area contributed by atoms with Crippen LogP contribution in [-0.4, -0.2) is 37.2 Å². The van der Waals surface area contributed by atoms with Gasteiger partial charge in [0, 0.05) is 37.2 Å². The molecule has 2 atom stereocenters. The number of fused-ring (bicyclic) bond motifs is 1. The Morgan fingerprint density at radius 2 is 2.19 bits per heavy atom. The van der Waals surface area contributed by atoms with Crippen molar-refractivity contribution in [3.63, 3.8) is 0 Å². The minimum absolute atomic E-state index is 0.192. The van der Waals surface area contributed by atoms with E-state index >= 15 is 0 Å². The van der Waals surface area contributed by atoms with Crippen LogP contribution in [0.25, 0.3) is 11.0 Å². The van der Waals surface area contributed by atoms with Gasteiger partial charge < -0.3 is 14.9 Å². The van der Waals surface area contributed by atoms with Crippen molar-refractivity contribution in [2.45, 2.75) is 32.4 Å². The molecule has 2 N–H and O–H groups in total. The molecule has 2 heterocycles. The molecule has 4 nitrogen and oxygen atoms in total. The van der Waals surface area contributed by atoms with Crippen molar-refractivity contribution >= 4 is 11.0 Å². The van der Waals surface area contributed by atoms with E-state index < -0.39 is 0 Å². The van der Waals surface area contributed by atoms with E-state index in [1.54, 1.807) is 0 Å². The molecule has 0 spiro atoms. The molecule has 0 amide bonds. The van der Waals surface area contributed by atoms with Crippen molar-refractivity contribution in [1.82, 2.24) is 4.90 Å².